The number of aliphatic hydroxyl groups is 1. The van der Waals surface area contributed by atoms with Crippen molar-refractivity contribution in [3.05, 3.63) is 47.7 Å². The summed E-state index contributed by atoms with van der Waals surface area (Å²) in [6.07, 6.45) is 1.58. The van der Waals surface area contributed by atoms with Gasteiger partial charge in [-0.3, -0.25) is 4.79 Å². The summed E-state index contributed by atoms with van der Waals surface area (Å²) < 4.78 is 4.75. The summed E-state index contributed by atoms with van der Waals surface area (Å²) in [5.41, 5.74) is 2.13. The van der Waals surface area contributed by atoms with Crippen molar-refractivity contribution in [2.24, 2.45) is 5.92 Å². The molecule has 3 heteroatoms. The number of methoxy groups -OCH3 is 1. The van der Waals surface area contributed by atoms with Gasteiger partial charge in [0.05, 0.1) is 19.5 Å². The standard InChI is InChI=1S/C13H18O.C6H12O2/c1-4-5-13(14)12-8-6-11(7-9-12)10(2)3;1-5(4-7)6(2)8-3/h6-10H,4-5H2,1-3H3;5,7H,2,4H2,1,3H3. The maximum absolute atomic E-state index is 11.5. The second-order valence-electron chi connectivity index (χ2n) is 5.70. The van der Waals surface area contributed by atoms with Crippen molar-refractivity contribution in [1.82, 2.24) is 0 Å². The first kappa shape index (κ1) is 20.4. The maximum Gasteiger partial charge on any atom is 0.162 e. The molecule has 3 nitrogen and oxygen atoms in total. The van der Waals surface area contributed by atoms with Gasteiger partial charge >= 0.3 is 0 Å². The molecule has 0 radical (unpaired) electrons. The molecule has 0 saturated heterocycles. The van der Waals surface area contributed by atoms with Crippen LogP contribution < -0.4 is 0 Å². The predicted molar refractivity (Wildman–Crippen MR) is 92.2 cm³/mol. The molecule has 0 aromatic heterocycles. The summed E-state index contributed by atoms with van der Waals surface area (Å²) in [4.78, 5) is 11.5. The molecule has 22 heavy (non-hydrogen) atoms. The van der Waals surface area contributed by atoms with E-state index in [1.807, 2.05) is 38.1 Å². The average molecular weight is 306 g/mol. The number of benzene rings is 1. The second kappa shape index (κ2) is 11.0. The molecule has 1 aromatic carbocycles. The molecular weight excluding hydrogens is 276 g/mol. The molecule has 0 amide bonds. The fourth-order valence-electron chi connectivity index (χ4n) is 1.73. The number of hydrogen-bond acceptors (Lipinski definition) is 3. The van der Waals surface area contributed by atoms with E-state index in [1.165, 1.54) is 5.56 Å². The topological polar surface area (TPSA) is 46.5 Å². The van der Waals surface area contributed by atoms with Crippen molar-refractivity contribution in [3.8, 4) is 0 Å². The summed E-state index contributed by atoms with van der Waals surface area (Å²) in [7, 11) is 1.55. The summed E-state index contributed by atoms with van der Waals surface area (Å²) in [5.74, 6) is 1.47. The number of carbonyl (C=O) groups is 1. The molecule has 1 unspecified atom stereocenters. The maximum atomic E-state index is 11.5. The zero-order valence-corrected chi connectivity index (χ0v) is 14.6. The molecule has 0 bridgehead atoms. The molecule has 1 atom stereocenters. The van der Waals surface area contributed by atoms with Crippen molar-refractivity contribution in [2.45, 2.75) is 46.5 Å². The highest BCUT2D eigenvalue weighted by molar-refractivity contribution is 5.96. The number of Topliss-reactive ketones (excluding diaryl/α,β-unsaturated/α-hetero) is 1. The van der Waals surface area contributed by atoms with Crippen molar-refractivity contribution in [1.29, 1.82) is 0 Å². The third-order valence-electron chi connectivity index (χ3n) is 3.46. The summed E-state index contributed by atoms with van der Waals surface area (Å²) in [5, 5.41) is 8.50. The molecule has 0 aliphatic rings. The molecule has 0 saturated carbocycles. The first-order valence-electron chi connectivity index (χ1n) is 7.84. The molecule has 0 heterocycles. The molecule has 1 rings (SSSR count). The zero-order chi connectivity index (χ0) is 17.1. The largest absolute Gasteiger partial charge is 0.501 e. The van der Waals surface area contributed by atoms with Gasteiger partial charge in [-0.25, -0.2) is 0 Å². The Hall–Kier alpha value is -1.61. The molecular formula is C19H30O3. The van der Waals surface area contributed by atoms with Gasteiger partial charge in [0, 0.05) is 17.9 Å². The van der Waals surface area contributed by atoms with Crippen LogP contribution in [0.25, 0.3) is 0 Å². The second-order valence-corrected chi connectivity index (χ2v) is 5.70. The number of carbonyl (C=O) groups excluding carboxylic acids is 1. The molecule has 0 spiro atoms. The zero-order valence-electron chi connectivity index (χ0n) is 14.6. The van der Waals surface area contributed by atoms with E-state index in [9.17, 15) is 4.79 Å². The van der Waals surface area contributed by atoms with Gasteiger partial charge in [-0.1, -0.05) is 58.5 Å². The Labute approximate surface area is 135 Å². The number of ether oxygens (including phenoxy) is 1. The van der Waals surface area contributed by atoms with Gasteiger partial charge < -0.3 is 9.84 Å². The van der Waals surface area contributed by atoms with Crippen molar-refractivity contribution in [3.63, 3.8) is 0 Å². The number of hydrogen-bond donors (Lipinski definition) is 1. The van der Waals surface area contributed by atoms with Crippen LogP contribution in [0, 0.1) is 5.92 Å². The van der Waals surface area contributed by atoms with Crippen LogP contribution in [0.1, 0.15) is 62.4 Å². The van der Waals surface area contributed by atoms with Crippen molar-refractivity contribution in [2.75, 3.05) is 13.7 Å². The molecule has 0 aliphatic heterocycles. The fraction of sp³-hybridized carbons (Fsp3) is 0.526. The van der Waals surface area contributed by atoms with E-state index >= 15 is 0 Å². The Kier molecular flexibility index (Phi) is 10.2. The lowest BCUT2D eigenvalue weighted by atomic mass is 9.99. The Balaban J connectivity index is 0.000000472. The van der Waals surface area contributed by atoms with Crippen LogP contribution in [0.15, 0.2) is 36.6 Å². The number of aliphatic hydroxyl groups excluding tert-OH is 1. The normalized spacial score (nSPS) is 11.4. The smallest absolute Gasteiger partial charge is 0.162 e. The van der Waals surface area contributed by atoms with Crippen LogP contribution in [0.2, 0.25) is 0 Å². The monoisotopic (exact) mass is 306 g/mol. The quantitative estimate of drug-likeness (QED) is 0.593. The van der Waals surface area contributed by atoms with E-state index in [2.05, 4.69) is 20.4 Å². The SMILES string of the molecule is C=C(OC)C(C)CO.CCCC(=O)c1ccc(C(C)C)cc1. The molecule has 0 fully saturated rings. The number of rotatable bonds is 7. The van der Waals surface area contributed by atoms with E-state index in [-0.39, 0.29) is 18.3 Å². The first-order chi connectivity index (χ1) is 10.4. The first-order valence-corrected chi connectivity index (χ1v) is 7.84. The van der Waals surface area contributed by atoms with Gasteiger partial charge in [0.25, 0.3) is 0 Å². The highest BCUT2D eigenvalue weighted by Crippen LogP contribution is 2.15. The summed E-state index contributed by atoms with van der Waals surface area (Å²) >= 11 is 0. The highest BCUT2D eigenvalue weighted by atomic mass is 16.5. The lowest BCUT2D eigenvalue weighted by Gasteiger charge is -2.08. The lowest BCUT2D eigenvalue weighted by molar-refractivity contribution is 0.0981. The van der Waals surface area contributed by atoms with Crippen molar-refractivity contribution >= 4 is 5.78 Å². The highest BCUT2D eigenvalue weighted by Gasteiger charge is 2.05. The van der Waals surface area contributed by atoms with Crippen LogP contribution in [0.5, 0.6) is 0 Å². The van der Waals surface area contributed by atoms with Crippen LogP contribution >= 0.6 is 0 Å². The summed E-state index contributed by atoms with van der Waals surface area (Å²) in [6, 6.07) is 7.97. The van der Waals surface area contributed by atoms with Crippen LogP contribution in [-0.4, -0.2) is 24.6 Å². The minimum Gasteiger partial charge on any atom is -0.501 e. The minimum atomic E-state index is 0.0556. The van der Waals surface area contributed by atoms with Crippen LogP contribution in [0.3, 0.4) is 0 Å². The van der Waals surface area contributed by atoms with Crippen LogP contribution in [-0.2, 0) is 4.74 Å². The van der Waals surface area contributed by atoms with Crippen molar-refractivity contribution < 1.29 is 14.6 Å². The molecule has 1 aromatic rings. The van der Waals surface area contributed by atoms with Crippen LogP contribution in [0.4, 0.5) is 0 Å². The average Bonchev–Trinajstić information content (AvgIpc) is 2.54. The molecule has 124 valence electrons. The Morgan fingerprint density at radius 3 is 2.09 bits per heavy atom. The summed E-state index contributed by atoms with van der Waals surface area (Å²) in [6.45, 7) is 11.9. The van der Waals surface area contributed by atoms with E-state index in [0.29, 0.717) is 18.1 Å². The van der Waals surface area contributed by atoms with E-state index in [4.69, 9.17) is 9.84 Å². The Morgan fingerprint density at radius 2 is 1.77 bits per heavy atom. The Bertz CT molecular complexity index is 446. The minimum absolute atomic E-state index is 0.0556. The predicted octanol–water partition coefficient (Wildman–Crippen LogP) is 4.57. The van der Waals surface area contributed by atoms with Gasteiger partial charge in [-0.05, 0) is 17.9 Å². The van der Waals surface area contributed by atoms with E-state index < -0.39 is 0 Å². The third kappa shape index (κ3) is 7.41. The van der Waals surface area contributed by atoms with Gasteiger partial charge in [-0.2, -0.15) is 0 Å². The lowest BCUT2D eigenvalue weighted by Crippen LogP contribution is -2.04. The van der Waals surface area contributed by atoms with Gasteiger partial charge in [-0.15, -0.1) is 0 Å². The van der Waals surface area contributed by atoms with Gasteiger partial charge in [0.15, 0.2) is 5.78 Å². The van der Waals surface area contributed by atoms with E-state index in [0.717, 1.165) is 12.0 Å². The molecule has 0 aliphatic carbocycles. The fourth-order valence-corrected chi connectivity index (χ4v) is 1.73. The van der Waals surface area contributed by atoms with Gasteiger partial charge in [0.1, 0.15) is 0 Å². The number of ketones is 1. The molecule has 1 N–H and O–H groups in total. The van der Waals surface area contributed by atoms with Gasteiger partial charge in [0.2, 0.25) is 0 Å². The van der Waals surface area contributed by atoms with E-state index in [1.54, 1.807) is 7.11 Å². The third-order valence-corrected chi connectivity index (χ3v) is 3.46. The Morgan fingerprint density at radius 1 is 1.23 bits per heavy atom.